The number of fused-ring (bicyclic) bond motifs is 1. The summed E-state index contributed by atoms with van der Waals surface area (Å²) in [5, 5.41) is 7.12. The molecule has 0 aromatic heterocycles. The first-order chi connectivity index (χ1) is 17.1. The molecule has 2 amide bonds. The molecule has 2 aromatic rings. The third kappa shape index (κ3) is 9.81. The van der Waals surface area contributed by atoms with Crippen molar-refractivity contribution in [3.63, 3.8) is 0 Å². The van der Waals surface area contributed by atoms with E-state index >= 15 is 0 Å². The van der Waals surface area contributed by atoms with E-state index in [2.05, 4.69) is 10.6 Å². The second kappa shape index (κ2) is 13.9. The minimum atomic E-state index is -0.913. The Hall–Kier alpha value is -3.82. The normalized spacial score (nSPS) is 11.8. The molecule has 0 aliphatic heterocycles. The molecule has 0 radical (unpaired) electrons. The van der Waals surface area contributed by atoms with Crippen molar-refractivity contribution in [3.05, 3.63) is 42.5 Å². The van der Waals surface area contributed by atoms with E-state index in [-0.39, 0.29) is 19.6 Å². The van der Waals surface area contributed by atoms with Crippen LogP contribution in [0.25, 0.3) is 10.8 Å². The molecule has 0 bridgehead atoms. The van der Waals surface area contributed by atoms with Crippen molar-refractivity contribution in [2.75, 3.05) is 26.9 Å². The monoisotopic (exact) mass is 502 g/mol. The zero-order valence-corrected chi connectivity index (χ0v) is 21.1. The molecule has 1 atom stereocenters. The molecule has 0 aliphatic carbocycles. The van der Waals surface area contributed by atoms with Crippen molar-refractivity contribution in [2.24, 2.45) is 5.41 Å². The van der Waals surface area contributed by atoms with Crippen molar-refractivity contribution in [1.29, 1.82) is 0 Å². The summed E-state index contributed by atoms with van der Waals surface area (Å²) in [5.74, 6) is -0.587. The van der Waals surface area contributed by atoms with Crippen molar-refractivity contribution < 1.29 is 38.1 Å². The van der Waals surface area contributed by atoms with Crippen LogP contribution in [0.5, 0.6) is 5.75 Å². The van der Waals surface area contributed by atoms with Gasteiger partial charge in [0.15, 0.2) is 0 Å². The fraction of sp³-hybridized carbons (Fsp3) is 0.462. The Morgan fingerprint density at radius 3 is 2.28 bits per heavy atom. The summed E-state index contributed by atoms with van der Waals surface area (Å²) >= 11 is 0. The Bertz CT molecular complexity index is 1050. The van der Waals surface area contributed by atoms with Crippen LogP contribution < -0.4 is 15.4 Å². The standard InChI is InChI=1S/C26H34N2O8/c1-26(2,3)23(30)34-15-16-35-25(32)28-21(22(29)33-4)11-7-8-14-27-24(31)36-20-13-12-18-9-5-6-10-19(18)17-20/h5-6,9-10,12-13,17,21H,7-8,11,14-16H2,1-4H3,(H,27,31)(H,28,32). The minimum absolute atomic E-state index is 0.0899. The molecule has 196 valence electrons. The SMILES string of the molecule is COC(=O)C(CCCCNC(=O)Oc1ccc2ccccc2c1)NC(=O)OCCOC(=O)C(C)(C)C. The number of alkyl carbamates (subject to hydrolysis) is 1. The van der Waals surface area contributed by atoms with Crippen LogP contribution in [0.3, 0.4) is 0 Å². The minimum Gasteiger partial charge on any atom is -0.467 e. The van der Waals surface area contributed by atoms with Crippen molar-refractivity contribution >= 4 is 34.9 Å². The van der Waals surface area contributed by atoms with Crippen molar-refractivity contribution in [1.82, 2.24) is 10.6 Å². The van der Waals surface area contributed by atoms with Gasteiger partial charge in [0.2, 0.25) is 0 Å². The van der Waals surface area contributed by atoms with E-state index in [9.17, 15) is 19.2 Å². The van der Waals surface area contributed by atoms with Crippen LogP contribution >= 0.6 is 0 Å². The smallest absolute Gasteiger partial charge is 0.412 e. The molecule has 2 aromatic carbocycles. The number of hydrogen-bond acceptors (Lipinski definition) is 8. The summed E-state index contributed by atoms with van der Waals surface area (Å²) in [6.07, 6.45) is -0.0699. The summed E-state index contributed by atoms with van der Waals surface area (Å²) in [7, 11) is 1.22. The molecule has 0 aliphatic rings. The lowest BCUT2D eigenvalue weighted by molar-refractivity contribution is -0.153. The highest BCUT2D eigenvalue weighted by Crippen LogP contribution is 2.20. The number of hydrogen-bond donors (Lipinski definition) is 2. The number of benzene rings is 2. The molecule has 10 heteroatoms. The van der Waals surface area contributed by atoms with Gasteiger partial charge in [-0.25, -0.2) is 14.4 Å². The molecule has 10 nitrogen and oxygen atoms in total. The molecule has 36 heavy (non-hydrogen) atoms. The second-order valence-corrected chi connectivity index (χ2v) is 9.06. The number of carbonyl (C=O) groups is 4. The zero-order chi connectivity index (χ0) is 26.6. The number of rotatable bonds is 11. The van der Waals surface area contributed by atoms with Gasteiger partial charge in [-0.15, -0.1) is 0 Å². The molecule has 0 fully saturated rings. The van der Waals surface area contributed by atoms with E-state index < -0.39 is 35.6 Å². The summed E-state index contributed by atoms with van der Waals surface area (Å²) < 4.78 is 20.0. The van der Waals surface area contributed by atoms with Gasteiger partial charge >= 0.3 is 24.1 Å². The van der Waals surface area contributed by atoms with Crippen LogP contribution in [0, 0.1) is 5.41 Å². The van der Waals surface area contributed by atoms with E-state index in [1.54, 1.807) is 32.9 Å². The van der Waals surface area contributed by atoms with Crippen molar-refractivity contribution in [2.45, 2.75) is 46.1 Å². The van der Waals surface area contributed by atoms with Gasteiger partial charge in [0.25, 0.3) is 0 Å². The van der Waals surface area contributed by atoms with Crippen LogP contribution in [-0.2, 0) is 23.8 Å². The largest absolute Gasteiger partial charge is 0.467 e. The number of carbonyl (C=O) groups excluding carboxylic acids is 4. The first-order valence-corrected chi connectivity index (χ1v) is 11.7. The van der Waals surface area contributed by atoms with Gasteiger partial charge in [0.1, 0.15) is 25.0 Å². The molecule has 0 saturated heterocycles. The third-order valence-electron chi connectivity index (χ3n) is 5.06. The molecule has 2 N–H and O–H groups in total. The van der Waals surface area contributed by atoms with Crippen molar-refractivity contribution in [3.8, 4) is 5.75 Å². The lowest BCUT2D eigenvalue weighted by Crippen LogP contribution is -2.42. The van der Waals surface area contributed by atoms with E-state index in [4.69, 9.17) is 18.9 Å². The maximum atomic E-state index is 12.1. The van der Waals surface area contributed by atoms with E-state index in [0.29, 0.717) is 25.1 Å². The topological polar surface area (TPSA) is 129 Å². The van der Waals surface area contributed by atoms with Gasteiger partial charge in [-0.05, 0) is 62.9 Å². The van der Waals surface area contributed by atoms with E-state index in [1.165, 1.54) is 7.11 Å². The van der Waals surface area contributed by atoms with Crippen LogP contribution in [0.2, 0.25) is 0 Å². The predicted octanol–water partition coefficient (Wildman–Crippen LogP) is 3.96. The van der Waals surface area contributed by atoms with E-state index in [0.717, 1.165) is 10.8 Å². The van der Waals surface area contributed by atoms with Gasteiger partial charge in [-0.3, -0.25) is 4.79 Å². The Morgan fingerprint density at radius 2 is 1.58 bits per heavy atom. The Labute approximate surface area is 210 Å². The molecular formula is C26H34N2O8. The average Bonchev–Trinajstić information content (AvgIpc) is 2.84. The summed E-state index contributed by atoms with van der Waals surface area (Å²) in [5.41, 5.74) is -0.653. The van der Waals surface area contributed by atoms with Gasteiger partial charge in [0, 0.05) is 6.54 Å². The van der Waals surface area contributed by atoms with Crippen LogP contribution in [0.15, 0.2) is 42.5 Å². The predicted molar refractivity (Wildman–Crippen MR) is 133 cm³/mol. The second-order valence-electron chi connectivity index (χ2n) is 9.06. The molecule has 0 spiro atoms. The number of methoxy groups -OCH3 is 1. The molecule has 0 heterocycles. The Morgan fingerprint density at radius 1 is 0.889 bits per heavy atom. The maximum Gasteiger partial charge on any atom is 0.412 e. The quantitative estimate of drug-likeness (QED) is 0.268. The number of ether oxygens (including phenoxy) is 4. The van der Waals surface area contributed by atoms with Crippen LogP contribution in [0.1, 0.15) is 40.0 Å². The average molecular weight is 503 g/mol. The van der Waals surface area contributed by atoms with E-state index in [1.807, 2.05) is 30.3 Å². The molecule has 2 rings (SSSR count). The summed E-state index contributed by atoms with van der Waals surface area (Å²) in [4.78, 5) is 47.7. The van der Waals surface area contributed by atoms with Gasteiger partial charge < -0.3 is 29.6 Å². The van der Waals surface area contributed by atoms with Crippen LogP contribution in [0.4, 0.5) is 9.59 Å². The fourth-order valence-corrected chi connectivity index (χ4v) is 3.10. The summed E-state index contributed by atoms with van der Waals surface area (Å²) in [6.45, 7) is 5.23. The third-order valence-corrected chi connectivity index (χ3v) is 5.06. The number of unbranched alkanes of at least 4 members (excludes halogenated alkanes) is 1. The van der Waals surface area contributed by atoms with Gasteiger partial charge in [0.05, 0.1) is 12.5 Å². The first-order valence-electron chi connectivity index (χ1n) is 11.7. The Kier molecular flexibility index (Phi) is 11.0. The lowest BCUT2D eigenvalue weighted by atomic mass is 9.97. The van der Waals surface area contributed by atoms with Gasteiger partial charge in [-0.2, -0.15) is 0 Å². The molecule has 0 saturated carbocycles. The highest BCUT2D eigenvalue weighted by Gasteiger charge is 2.24. The highest BCUT2D eigenvalue weighted by atomic mass is 16.6. The van der Waals surface area contributed by atoms with Gasteiger partial charge in [-0.1, -0.05) is 30.3 Å². The number of nitrogens with one attached hydrogen (secondary N) is 2. The maximum absolute atomic E-state index is 12.1. The fourth-order valence-electron chi connectivity index (χ4n) is 3.10. The zero-order valence-electron chi connectivity index (χ0n) is 21.1. The highest BCUT2D eigenvalue weighted by molar-refractivity contribution is 5.84. The lowest BCUT2D eigenvalue weighted by Gasteiger charge is -2.18. The number of esters is 2. The van der Waals surface area contributed by atoms with Crippen LogP contribution in [-0.4, -0.2) is 57.0 Å². The first kappa shape index (κ1) is 28.4. The molecular weight excluding hydrogens is 468 g/mol. The number of amides is 2. The molecule has 1 unspecified atom stereocenters. The summed E-state index contributed by atoms with van der Waals surface area (Å²) in [6, 6.07) is 12.2. The Balaban J connectivity index is 1.67.